The molecule has 3 rings (SSSR count). The minimum absolute atomic E-state index is 0.0217. The summed E-state index contributed by atoms with van der Waals surface area (Å²) in [4.78, 5) is 24.9. The van der Waals surface area contributed by atoms with Gasteiger partial charge in [0.15, 0.2) is 5.69 Å². The molecule has 12 heteroatoms. The van der Waals surface area contributed by atoms with Crippen LogP contribution in [0.3, 0.4) is 0 Å². The van der Waals surface area contributed by atoms with Crippen molar-refractivity contribution in [1.82, 2.24) is 25.6 Å². The lowest BCUT2D eigenvalue weighted by molar-refractivity contribution is -0.137. The molecule has 1 heterocycles. The zero-order valence-corrected chi connectivity index (χ0v) is 20.2. The number of methoxy groups -OCH3 is 1. The Morgan fingerprint density at radius 2 is 1.89 bits per heavy atom. The number of ether oxygens (including phenoxy) is 1. The maximum atomic E-state index is 12.9. The Balaban J connectivity index is 1.51. The predicted molar refractivity (Wildman–Crippen MR) is 127 cm³/mol. The van der Waals surface area contributed by atoms with Gasteiger partial charge in [-0.3, -0.25) is 14.3 Å². The molecule has 9 nitrogen and oxygen atoms in total. The van der Waals surface area contributed by atoms with Gasteiger partial charge in [-0.1, -0.05) is 36.4 Å². The number of nitrogens with one attached hydrogen (secondary N) is 2. The zero-order valence-electron chi connectivity index (χ0n) is 20.2. The van der Waals surface area contributed by atoms with Crippen molar-refractivity contribution in [2.75, 3.05) is 13.7 Å². The first kappa shape index (κ1) is 27.2. The standard InChI is InChI=1S/C25H25F3N6O3/c1-3-16-5-7-17(8-6-16)20(14-29)31-24(36)21-15-34(33-32-21)12-4-11-30-23(35)19-10-9-18(25(26,27)28)13-22(19)37-2/h5-10,13,15,20H,3-4,11-12H2,1-2H3,(H,30,35)(H,31,36). The van der Waals surface area contributed by atoms with Crippen LogP contribution in [0.15, 0.2) is 48.7 Å². The van der Waals surface area contributed by atoms with Gasteiger partial charge in [-0.05, 0) is 42.2 Å². The van der Waals surface area contributed by atoms with Crippen LogP contribution in [-0.4, -0.2) is 40.5 Å². The highest BCUT2D eigenvalue weighted by molar-refractivity contribution is 5.97. The first-order valence-corrected chi connectivity index (χ1v) is 11.4. The van der Waals surface area contributed by atoms with Crippen LogP contribution in [0, 0.1) is 11.3 Å². The number of nitriles is 1. The van der Waals surface area contributed by atoms with Gasteiger partial charge in [-0.15, -0.1) is 5.10 Å². The normalized spacial score (nSPS) is 11.9. The van der Waals surface area contributed by atoms with Crippen molar-refractivity contribution in [2.24, 2.45) is 0 Å². The third-order valence-electron chi connectivity index (χ3n) is 5.52. The molecule has 0 saturated heterocycles. The van der Waals surface area contributed by atoms with E-state index in [-0.39, 0.29) is 23.6 Å². The molecular formula is C25H25F3N6O3. The van der Waals surface area contributed by atoms with E-state index in [4.69, 9.17) is 4.74 Å². The van der Waals surface area contributed by atoms with Gasteiger partial charge in [0.25, 0.3) is 11.8 Å². The van der Waals surface area contributed by atoms with Crippen LogP contribution in [0.4, 0.5) is 13.2 Å². The Morgan fingerprint density at radius 3 is 2.51 bits per heavy atom. The number of alkyl halides is 3. The smallest absolute Gasteiger partial charge is 0.416 e. The molecule has 0 aliphatic heterocycles. The van der Waals surface area contributed by atoms with Gasteiger partial charge in [0.1, 0.15) is 11.8 Å². The Labute approximate surface area is 211 Å². The van der Waals surface area contributed by atoms with Crippen molar-refractivity contribution in [2.45, 2.75) is 38.5 Å². The molecule has 0 aliphatic rings. The lowest BCUT2D eigenvalue weighted by Gasteiger charge is -2.12. The number of aromatic nitrogens is 3. The van der Waals surface area contributed by atoms with Crippen LogP contribution < -0.4 is 15.4 Å². The average Bonchev–Trinajstić information content (AvgIpc) is 3.38. The first-order valence-electron chi connectivity index (χ1n) is 11.4. The fourth-order valence-corrected chi connectivity index (χ4v) is 3.45. The highest BCUT2D eigenvalue weighted by Gasteiger charge is 2.31. The van der Waals surface area contributed by atoms with Crippen LogP contribution in [-0.2, 0) is 19.1 Å². The summed E-state index contributed by atoms with van der Waals surface area (Å²) in [6, 6.07) is 11.2. The Bertz CT molecular complexity index is 1280. The minimum atomic E-state index is -4.55. The van der Waals surface area contributed by atoms with E-state index in [2.05, 4.69) is 27.0 Å². The maximum absolute atomic E-state index is 12.9. The van der Waals surface area contributed by atoms with Gasteiger partial charge >= 0.3 is 6.18 Å². The van der Waals surface area contributed by atoms with E-state index in [9.17, 15) is 28.0 Å². The van der Waals surface area contributed by atoms with Gasteiger partial charge in [0, 0.05) is 13.1 Å². The molecule has 0 saturated carbocycles. The van der Waals surface area contributed by atoms with E-state index in [1.807, 2.05) is 19.1 Å². The summed E-state index contributed by atoms with van der Waals surface area (Å²) in [7, 11) is 1.19. The Kier molecular flexibility index (Phi) is 8.84. The van der Waals surface area contributed by atoms with E-state index in [0.29, 0.717) is 18.5 Å². The second kappa shape index (κ2) is 12.0. The summed E-state index contributed by atoms with van der Waals surface area (Å²) in [6.45, 7) is 2.52. The van der Waals surface area contributed by atoms with Crippen molar-refractivity contribution in [3.8, 4) is 11.8 Å². The van der Waals surface area contributed by atoms with E-state index < -0.39 is 29.6 Å². The number of carbonyl (C=O) groups is 2. The Morgan fingerprint density at radius 1 is 1.16 bits per heavy atom. The van der Waals surface area contributed by atoms with Gasteiger partial charge in [0.2, 0.25) is 0 Å². The minimum Gasteiger partial charge on any atom is -0.496 e. The van der Waals surface area contributed by atoms with Gasteiger partial charge in [-0.25, -0.2) is 0 Å². The lowest BCUT2D eigenvalue weighted by atomic mass is 10.0. The van der Waals surface area contributed by atoms with Crippen LogP contribution >= 0.6 is 0 Å². The molecular weight excluding hydrogens is 489 g/mol. The fraction of sp³-hybridized carbons (Fsp3) is 0.320. The molecule has 0 aliphatic carbocycles. The third-order valence-corrected chi connectivity index (χ3v) is 5.52. The summed E-state index contributed by atoms with van der Waals surface area (Å²) >= 11 is 0. The second-order valence-electron chi connectivity index (χ2n) is 8.02. The number of amides is 2. The number of halogens is 3. The van der Waals surface area contributed by atoms with Crippen molar-refractivity contribution in [3.63, 3.8) is 0 Å². The fourth-order valence-electron chi connectivity index (χ4n) is 3.45. The topological polar surface area (TPSA) is 122 Å². The summed E-state index contributed by atoms with van der Waals surface area (Å²) in [5.74, 6) is -1.32. The molecule has 1 atom stereocenters. The quantitative estimate of drug-likeness (QED) is 0.398. The summed E-state index contributed by atoms with van der Waals surface area (Å²) in [5, 5.41) is 22.4. The number of benzene rings is 2. The molecule has 194 valence electrons. The molecule has 1 aromatic heterocycles. The molecule has 2 amide bonds. The zero-order chi connectivity index (χ0) is 27.0. The molecule has 2 N–H and O–H groups in total. The number of hydrogen-bond donors (Lipinski definition) is 2. The Hall–Kier alpha value is -4.40. The van der Waals surface area contributed by atoms with Gasteiger partial charge in [0.05, 0.1) is 30.5 Å². The average molecular weight is 515 g/mol. The molecule has 0 radical (unpaired) electrons. The number of nitrogens with zero attached hydrogens (tertiary/aromatic N) is 4. The van der Waals surface area contributed by atoms with E-state index in [1.165, 1.54) is 18.0 Å². The van der Waals surface area contributed by atoms with Gasteiger partial charge < -0.3 is 15.4 Å². The molecule has 1 unspecified atom stereocenters. The highest BCUT2D eigenvalue weighted by Crippen LogP contribution is 2.33. The van der Waals surface area contributed by atoms with Crippen LogP contribution in [0.5, 0.6) is 5.75 Å². The van der Waals surface area contributed by atoms with Crippen LogP contribution in [0.2, 0.25) is 0 Å². The summed E-state index contributed by atoms with van der Waals surface area (Å²) in [6.07, 6.45) is -1.86. The van der Waals surface area contributed by atoms with Crippen molar-refractivity contribution in [3.05, 3.63) is 76.6 Å². The summed E-state index contributed by atoms with van der Waals surface area (Å²) < 4.78 is 45.0. The molecule has 0 spiro atoms. The SMILES string of the molecule is CCc1ccc(C(C#N)NC(=O)c2cn(CCCNC(=O)c3ccc(C(F)(F)F)cc3OC)nn2)cc1. The number of carbonyl (C=O) groups excluding carboxylic acids is 2. The molecule has 2 aromatic carbocycles. The molecule has 0 bridgehead atoms. The van der Waals surface area contributed by atoms with Gasteiger partial charge in [-0.2, -0.15) is 18.4 Å². The maximum Gasteiger partial charge on any atom is 0.416 e. The summed E-state index contributed by atoms with van der Waals surface area (Å²) in [5.41, 5.74) is 0.864. The second-order valence-corrected chi connectivity index (χ2v) is 8.02. The molecule has 37 heavy (non-hydrogen) atoms. The first-order chi connectivity index (χ1) is 17.7. The monoisotopic (exact) mass is 514 g/mol. The van der Waals surface area contributed by atoms with E-state index in [1.54, 1.807) is 12.1 Å². The van der Waals surface area contributed by atoms with Crippen molar-refractivity contribution in [1.29, 1.82) is 5.26 Å². The number of aryl methyl sites for hydroxylation is 2. The van der Waals surface area contributed by atoms with Crippen LogP contribution in [0.1, 0.15) is 56.9 Å². The predicted octanol–water partition coefficient (Wildman–Crippen LogP) is 3.68. The largest absolute Gasteiger partial charge is 0.496 e. The third kappa shape index (κ3) is 7.07. The van der Waals surface area contributed by atoms with Crippen molar-refractivity contribution >= 4 is 11.8 Å². The van der Waals surface area contributed by atoms with E-state index >= 15 is 0 Å². The lowest BCUT2D eigenvalue weighted by Crippen LogP contribution is -2.28. The van der Waals surface area contributed by atoms with Crippen LogP contribution in [0.25, 0.3) is 0 Å². The molecule has 3 aromatic rings. The van der Waals surface area contributed by atoms with E-state index in [0.717, 1.165) is 30.2 Å². The van der Waals surface area contributed by atoms with Crippen molar-refractivity contribution < 1.29 is 27.5 Å². The number of rotatable bonds is 10. The molecule has 0 fully saturated rings. The highest BCUT2D eigenvalue weighted by atomic mass is 19.4. The number of hydrogen-bond acceptors (Lipinski definition) is 6.